The summed E-state index contributed by atoms with van der Waals surface area (Å²) < 4.78 is 2.76. The number of hydrogen-bond acceptors (Lipinski definition) is 2. The lowest BCUT2D eigenvalue weighted by atomic mass is 10.1. The molecule has 0 bridgehead atoms. The molecular weight excluding hydrogens is 352 g/mol. The van der Waals surface area contributed by atoms with E-state index in [-0.39, 0.29) is 5.56 Å². The van der Waals surface area contributed by atoms with Crippen molar-refractivity contribution in [1.82, 2.24) is 9.55 Å². The molecule has 0 fully saturated rings. The molecule has 0 amide bonds. The van der Waals surface area contributed by atoms with Gasteiger partial charge in [-0.2, -0.15) is 0 Å². The van der Waals surface area contributed by atoms with Crippen molar-refractivity contribution >= 4 is 37.6 Å². The summed E-state index contributed by atoms with van der Waals surface area (Å²) in [4.78, 5) is 17.6. The Morgan fingerprint density at radius 2 is 1.87 bits per heavy atom. The quantitative estimate of drug-likeness (QED) is 0.410. The van der Waals surface area contributed by atoms with Crippen molar-refractivity contribution in [2.24, 2.45) is 0 Å². The largest absolute Gasteiger partial charge is 0.302 e. The zero-order chi connectivity index (χ0) is 15.6. The zero-order valence-corrected chi connectivity index (χ0v) is 13.7. The minimum absolute atomic E-state index is 0.0425. The second-order valence-corrected chi connectivity index (χ2v) is 6.67. The Morgan fingerprint density at radius 3 is 2.78 bits per heavy atom. The number of rotatable bonds is 0. The second kappa shape index (κ2) is 4.52. The van der Waals surface area contributed by atoms with Crippen LogP contribution in [0.15, 0.2) is 63.9 Å². The summed E-state index contributed by atoms with van der Waals surface area (Å²) in [7, 11) is 0. The molecule has 0 saturated heterocycles. The molecule has 23 heavy (non-hydrogen) atoms. The van der Waals surface area contributed by atoms with Crippen molar-refractivity contribution in [3.63, 3.8) is 0 Å². The highest BCUT2D eigenvalue weighted by Crippen LogP contribution is 2.34. The lowest BCUT2D eigenvalue weighted by Crippen LogP contribution is -2.18. The maximum atomic E-state index is 12.8. The van der Waals surface area contributed by atoms with Gasteiger partial charge in [0.1, 0.15) is 0 Å². The number of nitrogens with zero attached hydrogens (tertiary/aromatic N) is 2. The molecule has 2 aromatic heterocycles. The van der Waals surface area contributed by atoms with Crippen molar-refractivity contribution in [2.45, 2.75) is 6.54 Å². The molecule has 5 rings (SSSR count). The summed E-state index contributed by atoms with van der Waals surface area (Å²) >= 11 is 3.55. The maximum absolute atomic E-state index is 12.8. The number of pyridine rings is 2. The third-order valence-electron chi connectivity index (χ3n) is 4.47. The van der Waals surface area contributed by atoms with Gasteiger partial charge < -0.3 is 4.57 Å². The topological polar surface area (TPSA) is 34.9 Å². The molecule has 0 N–H and O–H groups in total. The molecule has 1 aliphatic rings. The van der Waals surface area contributed by atoms with Crippen LogP contribution < -0.4 is 5.56 Å². The summed E-state index contributed by atoms with van der Waals surface area (Å²) in [5.41, 5.74) is 3.92. The lowest BCUT2D eigenvalue weighted by Gasteiger charge is -2.07. The summed E-state index contributed by atoms with van der Waals surface area (Å²) in [5.74, 6) is 0. The lowest BCUT2D eigenvalue weighted by molar-refractivity contribution is 0.813. The van der Waals surface area contributed by atoms with E-state index in [4.69, 9.17) is 4.98 Å². The number of para-hydroxylation sites is 1. The van der Waals surface area contributed by atoms with Crippen LogP contribution in [0.25, 0.3) is 33.1 Å². The van der Waals surface area contributed by atoms with Crippen LogP contribution in [0.4, 0.5) is 0 Å². The van der Waals surface area contributed by atoms with Crippen molar-refractivity contribution in [1.29, 1.82) is 0 Å². The van der Waals surface area contributed by atoms with Gasteiger partial charge in [-0.15, -0.1) is 0 Å². The van der Waals surface area contributed by atoms with E-state index in [0.29, 0.717) is 6.54 Å². The van der Waals surface area contributed by atoms with E-state index in [1.54, 1.807) is 0 Å². The first-order valence-corrected chi connectivity index (χ1v) is 8.23. The predicted molar refractivity (Wildman–Crippen MR) is 95.7 cm³/mol. The molecule has 0 aliphatic carbocycles. The van der Waals surface area contributed by atoms with Gasteiger partial charge in [0.05, 0.1) is 23.4 Å². The van der Waals surface area contributed by atoms with Gasteiger partial charge in [-0.25, -0.2) is 4.98 Å². The zero-order valence-electron chi connectivity index (χ0n) is 12.1. The Kier molecular flexibility index (Phi) is 2.56. The first kappa shape index (κ1) is 13.0. The smallest absolute Gasteiger partial charge is 0.259 e. The van der Waals surface area contributed by atoms with Gasteiger partial charge in [-0.1, -0.05) is 40.2 Å². The predicted octanol–water partition coefficient (Wildman–Crippen LogP) is 4.34. The molecule has 4 heteroatoms. The Balaban J connectivity index is 1.90. The molecule has 4 aromatic rings. The number of aromatic nitrogens is 2. The Morgan fingerprint density at radius 1 is 1.00 bits per heavy atom. The average Bonchev–Trinajstić information content (AvgIpc) is 2.92. The van der Waals surface area contributed by atoms with Crippen LogP contribution >= 0.6 is 15.9 Å². The Hall–Kier alpha value is -2.46. The number of fused-ring (bicyclic) bond motifs is 5. The van der Waals surface area contributed by atoms with E-state index in [9.17, 15) is 4.79 Å². The van der Waals surface area contributed by atoms with Crippen LogP contribution in [-0.2, 0) is 6.54 Å². The van der Waals surface area contributed by atoms with Crippen LogP contribution in [-0.4, -0.2) is 9.55 Å². The summed E-state index contributed by atoms with van der Waals surface area (Å²) in [6.45, 7) is 0.587. The molecule has 110 valence electrons. The van der Waals surface area contributed by atoms with Crippen LogP contribution in [0.1, 0.15) is 5.56 Å². The van der Waals surface area contributed by atoms with E-state index >= 15 is 0 Å². The highest BCUT2D eigenvalue weighted by molar-refractivity contribution is 9.10. The Bertz CT molecular complexity index is 1180. The highest BCUT2D eigenvalue weighted by atomic mass is 79.9. The average molecular weight is 363 g/mol. The van der Waals surface area contributed by atoms with Crippen molar-refractivity contribution in [3.05, 3.63) is 75.0 Å². The van der Waals surface area contributed by atoms with Gasteiger partial charge in [0, 0.05) is 26.2 Å². The van der Waals surface area contributed by atoms with Crippen molar-refractivity contribution in [2.75, 3.05) is 0 Å². The molecule has 1 aliphatic heterocycles. The first-order valence-electron chi connectivity index (χ1n) is 7.43. The van der Waals surface area contributed by atoms with Crippen molar-refractivity contribution in [3.8, 4) is 11.4 Å². The molecular formula is C19H11BrN2O. The standard InChI is InChI=1S/C19H11BrN2O/c20-15-6-3-5-13-14(15)9-17-18-12(10-22(17)19(13)23)8-11-4-1-2-7-16(11)21-18/h1-9H,10H2. The molecule has 0 saturated carbocycles. The van der Waals surface area contributed by atoms with E-state index < -0.39 is 0 Å². The molecule has 0 radical (unpaired) electrons. The fraction of sp³-hybridized carbons (Fsp3) is 0.0526. The molecule has 3 nitrogen and oxygen atoms in total. The fourth-order valence-corrected chi connectivity index (χ4v) is 3.85. The summed E-state index contributed by atoms with van der Waals surface area (Å²) in [6, 6.07) is 18.0. The fourth-order valence-electron chi connectivity index (χ4n) is 3.37. The van der Waals surface area contributed by atoms with Gasteiger partial charge in [-0.05, 0) is 30.3 Å². The Labute approximate surface area is 140 Å². The highest BCUT2D eigenvalue weighted by Gasteiger charge is 2.23. The second-order valence-electron chi connectivity index (χ2n) is 5.81. The van der Waals surface area contributed by atoms with Crippen LogP contribution in [0, 0.1) is 0 Å². The summed E-state index contributed by atoms with van der Waals surface area (Å²) in [6.07, 6.45) is 0. The van der Waals surface area contributed by atoms with E-state index in [1.807, 2.05) is 41.0 Å². The van der Waals surface area contributed by atoms with Gasteiger partial charge in [0.15, 0.2) is 0 Å². The third kappa shape index (κ3) is 1.75. The summed E-state index contributed by atoms with van der Waals surface area (Å²) in [5, 5.41) is 2.78. The van der Waals surface area contributed by atoms with Gasteiger partial charge >= 0.3 is 0 Å². The number of hydrogen-bond donors (Lipinski definition) is 0. The molecule has 3 heterocycles. The molecule has 0 atom stereocenters. The van der Waals surface area contributed by atoms with E-state index in [0.717, 1.165) is 43.1 Å². The van der Waals surface area contributed by atoms with Gasteiger partial charge in [0.25, 0.3) is 5.56 Å². The van der Waals surface area contributed by atoms with Crippen molar-refractivity contribution < 1.29 is 0 Å². The molecule has 2 aromatic carbocycles. The SMILES string of the molecule is O=c1c2cccc(Br)c2cc2n1Cc1cc3ccccc3nc1-2. The minimum atomic E-state index is 0.0425. The first-order chi connectivity index (χ1) is 11.2. The van der Waals surface area contributed by atoms with Crippen LogP contribution in [0.2, 0.25) is 0 Å². The van der Waals surface area contributed by atoms with Gasteiger partial charge in [-0.3, -0.25) is 4.79 Å². The van der Waals surface area contributed by atoms with Crippen LogP contribution in [0.3, 0.4) is 0 Å². The monoisotopic (exact) mass is 362 g/mol. The number of halogens is 1. The van der Waals surface area contributed by atoms with Crippen LogP contribution in [0.5, 0.6) is 0 Å². The number of benzene rings is 2. The van der Waals surface area contributed by atoms with E-state index in [2.05, 4.69) is 34.1 Å². The molecule has 0 unspecified atom stereocenters. The normalized spacial score (nSPS) is 12.6. The minimum Gasteiger partial charge on any atom is -0.302 e. The maximum Gasteiger partial charge on any atom is 0.259 e. The van der Waals surface area contributed by atoms with E-state index in [1.165, 1.54) is 0 Å². The third-order valence-corrected chi connectivity index (χ3v) is 5.17. The molecule has 0 spiro atoms. The van der Waals surface area contributed by atoms with Gasteiger partial charge in [0.2, 0.25) is 0 Å².